The van der Waals surface area contributed by atoms with E-state index in [0.29, 0.717) is 5.56 Å². The first kappa shape index (κ1) is 10.9. The Morgan fingerprint density at radius 1 is 1.31 bits per heavy atom. The van der Waals surface area contributed by atoms with Gasteiger partial charge < -0.3 is 0 Å². The first-order chi connectivity index (χ1) is 7.39. The molecule has 86 valence electrons. The minimum absolute atomic E-state index is 0.372. The normalized spacial score (nSPS) is 28.8. The molecule has 2 atom stereocenters. The van der Waals surface area contributed by atoms with Crippen LogP contribution in [-0.4, -0.2) is 16.6 Å². The molecule has 0 aromatic heterocycles. The minimum Gasteiger partial charge on any atom is -0.264 e. The molecule has 0 saturated heterocycles. The van der Waals surface area contributed by atoms with Gasteiger partial charge in [-0.3, -0.25) is 10.1 Å². The Morgan fingerprint density at radius 2 is 1.88 bits per heavy atom. The predicted molar refractivity (Wildman–Crippen MR) is 49.6 cm³/mol. The van der Waals surface area contributed by atoms with Crippen LogP contribution in [0.25, 0.3) is 0 Å². The van der Waals surface area contributed by atoms with Gasteiger partial charge in [0.15, 0.2) is 0 Å². The fraction of sp³-hybridized carbons (Fsp3) is 0.400. The van der Waals surface area contributed by atoms with E-state index in [9.17, 15) is 23.3 Å². The van der Waals surface area contributed by atoms with Crippen molar-refractivity contribution in [2.75, 3.05) is 0 Å². The number of halogens is 3. The maximum absolute atomic E-state index is 12.6. The van der Waals surface area contributed by atoms with Crippen molar-refractivity contribution in [3.63, 3.8) is 0 Å². The summed E-state index contributed by atoms with van der Waals surface area (Å²) in [5.74, 6) is -1.05. The SMILES string of the molecule is O=[N+]([O-])C1(C(F)(F)F)CC1c1ccccc1. The topological polar surface area (TPSA) is 43.1 Å². The summed E-state index contributed by atoms with van der Waals surface area (Å²) in [5.41, 5.74) is -2.40. The van der Waals surface area contributed by atoms with E-state index >= 15 is 0 Å². The lowest BCUT2D eigenvalue weighted by Crippen LogP contribution is -2.40. The molecule has 2 rings (SSSR count). The second-order valence-electron chi connectivity index (χ2n) is 3.85. The molecule has 0 bridgehead atoms. The zero-order valence-electron chi connectivity index (χ0n) is 8.07. The minimum atomic E-state index is -4.79. The van der Waals surface area contributed by atoms with Crippen LogP contribution in [0.4, 0.5) is 13.2 Å². The monoisotopic (exact) mass is 231 g/mol. The van der Waals surface area contributed by atoms with Crippen LogP contribution in [0.1, 0.15) is 17.9 Å². The van der Waals surface area contributed by atoms with Gasteiger partial charge in [-0.15, -0.1) is 0 Å². The molecule has 6 heteroatoms. The lowest BCUT2D eigenvalue weighted by Gasteiger charge is -2.13. The fourth-order valence-electron chi connectivity index (χ4n) is 1.95. The number of nitro groups is 1. The molecule has 0 heterocycles. The Bertz CT molecular complexity index is 418. The van der Waals surface area contributed by atoms with Crippen molar-refractivity contribution in [3.8, 4) is 0 Å². The third-order valence-electron chi connectivity index (χ3n) is 2.95. The van der Waals surface area contributed by atoms with Gasteiger partial charge in [-0.1, -0.05) is 30.3 Å². The summed E-state index contributed by atoms with van der Waals surface area (Å²) in [4.78, 5) is 9.40. The van der Waals surface area contributed by atoms with Gasteiger partial charge in [0, 0.05) is 11.3 Å². The molecule has 1 fully saturated rings. The standard InChI is InChI=1S/C10H8F3NO2/c11-10(12,13)9(14(15)16)6-8(9)7-4-2-1-3-5-7/h1-5,8H,6H2. The molecule has 1 aliphatic rings. The van der Waals surface area contributed by atoms with Crippen LogP contribution in [-0.2, 0) is 0 Å². The van der Waals surface area contributed by atoms with Gasteiger partial charge in [-0.05, 0) is 5.56 Å². The van der Waals surface area contributed by atoms with Crippen molar-refractivity contribution in [1.82, 2.24) is 0 Å². The van der Waals surface area contributed by atoms with Crippen LogP contribution in [0.3, 0.4) is 0 Å². The third-order valence-corrected chi connectivity index (χ3v) is 2.95. The largest absolute Gasteiger partial charge is 0.461 e. The molecule has 1 aliphatic carbocycles. The summed E-state index contributed by atoms with van der Waals surface area (Å²) in [6, 6.07) is 7.79. The van der Waals surface area contributed by atoms with E-state index in [0.717, 1.165) is 0 Å². The van der Waals surface area contributed by atoms with Gasteiger partial charge in [-0.2, -0.15) is 13.2 Å². The Kier molecular flexibility index (Phi) is 2.18. The highest BCUT2D eigenvalue weighted by molar-refractivity contribution is 5.32. The predicted octanol–water partition coefficient (Wildman–Crippen LogP) is 2.75. The smallest absolute Gasteiger partial charge is 0.264 e. The Balaban J connectivity index is 2.34. The molecule has 0 amide bonds. The Hall–Kier alpha value is -1.59. The molecular weight excluding hydrogens is 223 g/mol. The highest BCUT2D eigenvalue weighted by Gasteiger charge is 2.82. The molecule has 1 aromatic carbocycles. The quantitative estimate of drug-likeness (QED) is 0.580. The number of rotatable bonds is 2. The number of alkyl halides is 3. The molecule has 0 spiro atoms. The van der Waals surface area contributed by atoms with Crippen LogP contribution in [0, 0.1) is 10.1 Å². The van der Waals surface area contributed by atoms with Crippen LogP contribution in [0.2, 0.25) is 0 Å². The molecule has 16 heavy (non-hydrogen) atoms. The molecule has 1 saturated carbocycles. The summed E-state index contributed by atoms with van der Waals surface area (Å²) in [6.45, 7) is 0. The fourth-order valence-corrected chi connectivity index (χ4v) is 1.95. The highest BCUT2D eigenvalue weighted by Crippen LogP contribution is 2.61. The molecule has 3 nitrogen and oxygen atoms in total. The van der Waals surface area contributed by atoms with Crippen LogP contribution in [0.15, 0.2) is 30.3 Å². The second-order valence-corrected chi connectivity index (χ2v) is 3.85. The lowest BCUT2D eigenvalue weighted by molar-refractivity contribution is -0.581. The van der Waals surface area contributed by atoms with E-state index in [1.807, 2.05) is 0 Å². The summed E-state index contributed by atoms with van der Waals surface area (Å²) >= 11 is 0. The summed E-state index contributed by atoms with van der Waals surface area (Å²) in [6.07, 6.45) is -5.26. The molecule has 2 unspecified atom stereocenters. The second kappa shape index (κ2) is 3.20. The zero-order valence-corrected chi connectivity index (χ0v) is 8.07. The molecular formula is C10H8F3NO2. The van der Waals surface area contributed by atoms with Crippen LogP contribution in [0.5, 0.6) is 0 Å². The summed E-state index contributed by atoms with van der Waals surface area (Å²) < 4.78 is 37.9. The van der Waals surface area contributed by atoms with E-state index in [1.165, 1.54) is 12.1 Å². The zero-order chi connectivity index (χ0) is 12.0. The number of hydrogen-bond acceptors (Lipinski definition) is 2. The Labute approximate surface area is 89.0 Å². The first-order valence-corrected chi connectivity index (χ1v) is 4.66. The van der Waals surface area contributed by atoms with E-state index in [-0.39, 0.29) is 0 Å². The first-order valence-electron chi connectivity index (χ1n) is 4.66. The van der Waals surface area contributed by atoms with Crippen LogP contribution >= 0.6 is 0 Å². The Morgan fingerprint density at radius 3 is 2.25 bits per heavy atom. The van der Waals surface area contributed by atoms with Crippen molar-refractivity contribution < 1.29 is 18.1 Å². The summed E-state index contributed by atoms with van der Waals surface area (Å²) in [5, 5.41) is 10.6. The molecule has 0 N–H and O–H groups in total. The molecule has 1 aromatic rings. The van der Waals surface area contributed by atoms with Gasteiger partial charge in [0.1, 0.15) is 0 Å². The van der Waals surface area contributed by atoms with E-state index < -0.39 is 29.0 Å². The maximum atomic E-state index is 12.6. The average molecular weight is 231 g/mol. The number of benzene rings is 1. The molecule has 0 aliphatic heterocycles. The van der Waals surface area contributed by atoms with Gasteiger partial charge in [0.05, 0.1) is 5.92 Å². The average Bonchev–Trinajstić information content (AvgIpc) is 2.94. The molecule has 0 radical (unpaired) electrons. The van der Waals surface area contributed by atoms with Gasteiger partial charge in [-0.25, -0.2) is 0 Å². The van der Waals surface area contributed by atoms with E-state index in [4.69, 9.17) is 0 Å². The number of hydrogen-bond donors (Lipinski definition) is 0. The summed E-state index contributed by atoms with van der Waals surface area (Å²) in [7, 11) is 0. The van der Waals surface area contributed by atoms with Gasteiger partial charge in [0.25, 0.3) is 0 Å². The van der Waals surface area contributed by atoms with Crippen molar-refractivity contribution in [2.45, 2.75) is 24.1 Å². The van der Waals surface area contributed by atoms with Crippen LogP contribution < -0.4 is 0 Å². The van der Waals surface area contributed by atoms with Crippen molar-refractivity contribution in [1.29, 1.82) is 0 Å². The van der Waals surface area contributed by atoms with Crippen molar-refractivity contribution in [3.05, 3.63) is 46.0 Å². The maximum Gasteiger partial charge on any atom is 0.461 e. The third kappa shape index (κ3) is 1.36. The van der Waals surface area contributed by atoms with E-state index in [2.05, 4.69) is 0 Å². The van der Waals surface area contributed by atoms with Gasteiger partial charge >= 0.3 is 11.7 Å². The lowest BCUT2D eigenvalue weighted by atomic mass is 10.1. The van der Waals surface area contributed by atoms with E-state index in [1.54, 1.807) is 18.2 Å². The van der Waals surface area contributed by atoms with Gasteiger partial charge in [0.2, 0.25) is 0 Å². The van der Waals surface area contributed by atoms with Crippen molar-refractivity contribution in [2.24, 2.45) is 0 Å². The highest BCUT2D eigenvalue weighted by atomic mass is 19.4. The number of nitrogens with zero attached hydrogens (tertiary/aromatic N) is 1. The van der Waals surface area contributed by atoms with Crippen molar-refractivity contribution >= 4 is 0 Å².